The molecule has 2 heterocycles. The van der Waals surface area contributed by atoms with Gasteiger partial charge in [-0.05, 0) is 24.1 Å². The molecule has 180 valence electrons. The van der Waals surface area contributed by atoms with Gasteiger partial charge in [0.25, 0.3) is 11.8 Å². The van der Waals surface area contributed by atoms with Crippen LogP contribution in [0.25, 0.3) is 0 Å². The van der Waals surface area contributed by atoms with E-state index in [0.29, 0.717) is 41.7 Å². The first-order chi connectivity index (χ1) is 16.3. The van der Waals surface area contributed by atoms with Crippen LogP contribution in [0.4, 0.5) is 4.79 Å². The number of imide groups is 1. The standard InChI is InChI=1S/C22H24N4O7S/c1-2-22(15-7-4-3-5-8-15)20(28)26(21(29)24-22)25-19(27)14-23-34(30,31)16-9-10-17-18(13-16)33-12-6-11-32-17/h3-5,7-10,13,23H,2,6,11-12,14H2,1H3,(H,24,29)(H,25,27)/t22-/m1/s1. The van der Waals surface area contributed by atoms with Gasteiger partial charge in [0.05, 0.1) is 24.7 Å². The molecule has 2 aromatic carbocycles. The smallest absolute Gasteiger partial charge is 0.344 e. The Morgan fingerprint density at radius 3 is 2.50 bits per heavy atom. The van der Waals surface area contributed by atoms with Crippen LogP contribution in [0.15, 0.2) is 53.4 Å². The van der Waals surface area contributed by atoms with E-state index in [1.807, 2.05) is 0 Å². The molecule has 2 aromatic rings. The van der Waals surface area contributed by atoms with E-state index in [1.54, 1.807) is 37.3 Å². The fraction of sp³-hybridized carbons (Fsp3) is 0.318. The molecule has 2 aliphatic rings. The third-order valence-electron chi connectivity index (χ3n) is 5.58. The summed E-state index contributed by atoms with van der Waals surface area (Å²) < 4.78 is 38.5. The second-order valence-electron chi connectivity index (χ2n) is 7.71. The molecule has 11 nitrogen and oxygen atoms in total. The molecule has 3 N–H and O–H groups in total. The first-order valence-corrected chi connectivity index (χ1v) is 12.2. The van der Waals surface area contributed by atoms with Crippen molar-refractivity contribution in [3.8, 4) is 11.5 Å². The average Bonchev–Trinajstić information content (AvgIpc) is 2.99. The lowest BCUT2D eigenvalue weighted by molar-refractivity contribution is -0.139. The second-order valence-corrected chi connectivity index (χ2v) is 9.48. The van der Waals surface area contributed by atoms with Gasteiger partial charge in [-0.15, -0.1) is 0 Å². The molecule has 12 heteroatoms. The highest BCUT2D eigenvalue weighted by Gasteiger charge is 2.52. The first-order valence-electron chi connectivity index (χ1n) is 10.7. The van der Waals surface area contributed by atoms with Crippen LogP contribution in [0.2, 0.25) is 0 Å². The van der Waals surface area contributed by atoms with Gasteiger partial charge in [0.2, 0.25) is 10.0 Å². The minimum atomic E-state index is -4.08. The Kier molecular flexibility index (Phi) is 6.44. The minimum absolute atomic E-state index is 0.117. The number of fused-ring (bicyclic) bond motifs is 1. The average molecular weight is 489 g/mol. The summed E-state index contributed by atoms with van der Waals surface area (Å²) >= 11 is 0. The lowest BCUT2D eigenvalue weighted by Crippen LogP contribution is -2.51. The summed E-state index contributed by atoms with van der Waals surface area (Å²) in [7, 11) is -4.08. The maximum atomic E-state index is 13.1. The number of carbonyl (C=O) groups is 3. The van der Waals surface area contributed by atoms with Crippen molar-refractivity contribution in [2.45, 2.75) is 30.2 Å². The zero-order chi connectivity index (χ0) is 24.3. The summed E-state index contributed by atoms with van der Waals surface area (Å²) in [6.45, 7) is 1.89. The largest absolute Gasteiger partial charge is 0.490 e. The van der Waals surface area contributed by atoms with Gasteiger partial charge in [-0.2, -0.15) is 5.01 Å². The normalized spacial score (nSPS) is 20.0. The number of carbonyl (C=O) groups excluding carboxylic acids is 3. The van der Waals surface area contributed by atoms with E-state index in [0.717, 1.165) is 0 Å². The highest BCUT2D eigenvalue weighted by atomic mass is 32.2. The summed E-state index contributed by atoms with van der Waals surface area (Å²) in [5.74, 6) is -0.821. The highest BCUT2D eigenvalue weighted by Crippen LogP contribution is 2.32. The van der Waals surface area contributed by atoms with Crippen molar-refractivity contribution in [3.05, 3.63) is 54.1 Å². The highest BCUT2D eigenvalue weighted by molar-refractivity contribution is 7.89. The molecule has 4 amide bonds. The van der Waals surface area contributed by atoms with E-state index in [2.05, 4.69) is 15.5 Å². The number of sulfonamides is 1. The van der Waals surface area contributed by atoms with Crippen molar-refractivity contribution in [2.24, 2.45) is 0 Å². The van der Waals surface area contributed by atoms with Gasteiger partial charge in [0.15, 0.2) is 11.5 Å². The van der Waals surface area contributed by atoms with Crippen molar-refractivity contribution < 1.29 is 32.3 Å². The Labute approximate surface area is 196 Å². The van der Waals surface area contributed by atoms with Crippen molar-refractivity contribution in [3.63, 3.8) is 0 Å². The quantitative estimate of drug-likeness (QED) is 0.494. The number of nitrogens with one attached hydrogen (secondary N) is 3. The van der Waals surface area contributed by atoms with E-state index in [-0.39, 0.29) is 11.3 Å². The van der Waals surface area contributed by atoms with Crippen molar-refractivity contribution in [1.82, 2.24) is 20.5 Å². The van der Waals surface area contributed by atoms with Gasteiger partial charge in [0.1, 0.15) is 5.54 Å². The number of benzene rings is 2. The Morgan fingerprint density at radius 1 is 1.09 bits per heavy atom. The van der Waals surface area contributed by atoms with E-state index < -0.39 is 40.0 Å². The van der Waals surface area contributed by atoms with E-state index in [1.165, 1.54) is 18.2 Å². The molecule has 1 fully saturated rings. The van der Waals surface area contributed by atoms with Gasteiger partial charge in [-0.25, -0.2) is 17.9 Å². The van der Waals surface area contributed by atoms with Crippen molar-refractivity contribution >= 4 is 27.9 Å². The lowest BCUT2D eigenvalue weighted by Gasteiger charge is -2.25. The summed E-state index contributed by atoms with van der Waals surface area (Å²) in [5, 5.41) is 3.20. The molecular weight excluding hydrogens is 464 g/mol. The molecule has 0 aromatic heterocycles. The van der Waals surface area contributed by atoms with Crippen LogP contribution in [-0.4, -0.2) is 51.0 Å². The van der Waals surface area contributed by atoms with E-state index in [4.69, 9.17) is 9.47 Å². The molecule has 0 spiro atoms. The molecule has 2 aliphatic heterocycles. The molecule has 1 atom stereocenters. The number of hydrazine groups is 1. The van der Waals surface area contributed by atoms with Crippen LogP contribution in [0, 0.1) is 0 Å². The predicted molar refractivity (Wildman–Crippen MR) is 119 cm³/mol. The third-order valence-corrected chi connectivity index (χ3v) is 6.98. The summed E-state index contributed by atoms with van der Waals surface area (Å²) in [5.41, 5.74) is 1.43. The second kappa shape index (κ2) is 9.31. The topological polar surface area (TPSA) is 143 Å². The molecule has 0 saturated carbocycles. The minimum Gasteiger partial charge on any atom is -0.490 e. The molecule has 4 rings (SSSR count). The van der Waals surface area contributed by atoms with Crippen LogP contribution >= 0.6 is 0 Å². The fourth-order valence-electron chi connectivity index (χ4n) is 3.76. The monoisotopic (exact) mass is 488 g/mol. The van der Waals surface area contributed by atoms with Gasteiger partial charge in [0, 0.05) is 12.5 Å². The van der Waals surface area contributed by atoms with Crippen LogP contribution in [0.5, 0.6) is 11.5 Å². The number of nitrogens with zero attached hydrogens (tertiary/aromatic N) is 1. The summed E-state index contributed by atoms with van der Waals surface area (Å²) in [4.78, 5) is 37.8. The van der Waals surface area contributed by atoms with Gasteiger partial charge >= 0.3 is 6.03 Å². The zero-order valence-electron chi connectivity index (χ0n) is 18.4. The molecule has 0 radical (unpaired) electrons. The van der Waals surface area contributed by atoms with E-state index in [9.17, 15) is 22.8 Å². The van der Waals surface area contributed by atoms with E-state index >= 15 is 0 Å². The van der Waals surface area contributed by atoms with Gasteiger partial charge in [-0.3, -0.25) is 15.0 Å². The maximum Gasteiger partial charge on any atom is 0.344 e. The number of ether oxygens (including phenoxy) is 2. The maximum absolute atomic E-state index is 13.1. The number of urea groups is 1. The summed E-state index contributed by atoms with van der Waals surface area (Å²) in [6, 6.07) is 12.0. The Balaban J connectivity index is 1.42. The zero-order valence-corrected chi connectivity index (χ0v) is 19.2. The van der Waals surface area contributed by atoms with Crippen molar-refractivity contribution in [1.29, 1.82) is 0 Å². The lowest BCUT2D eigenvalue weighted by atomic mass is 9.87. The Hall–Kier alpha value is -3.64. The van der Waals surface area contributed by atoms with Crippen molar-refractivity contribution in [2.75, 3.05) is 19.8 Å². The molecule has 1 saturated heterocycles. The van der Waals surface area contributed by atoms with Crippen LogP contribution in [0.1, 0.15) is 25.3 Å². The molecule has 0 unspecified atom stereocenters. The Bertz CT molecular complexity index is 1220. The van der Waals surface area contributed by atoms with Crippen LogP contribution in [-0.2, 0) is 25.2 Å². The number of rotatable bonds is 7. The third kappa shape index (κ3) is 4.41. The summed E-state index contributed by atoms with van der Waals surface area (Å²) in [6.07, 6.45) is 0.923. The van der Waals surface area contributed by atoms with Gasteiger partial charge < -0.3 is 14.8 Å². The van der Waals surface area contributed by atoms with Gasteiger partial charge in [-0.1, -0.05) is 37.3 Å². The first kappa shape index (κ1) is 23.5. The number of hydrogen-bond donors (Lipinski definition) is 3. The van der Waals surface area contributed by atoms with Crippen LogP contribution in [0.3, 0.4) is 0 Å². The molecular formula is C22H24N4O7S. The SMILES string of the molecule is CC[C@]1(c2ccccc2)NC(=O)N(NC(=O)CNS(=O)(=O)c2ccc3c(c2)OCCCO3)C1=O. The molecule has 0 bridgehead atoms. The number of hydrogen-bond acceptors (Lipinski definition) is 7. The van der Waals surface area contributed by atoms with Crippen LogP contribution < -0.4 is 24.9 Å². The fourth-order valence-corrected chi connectivity index (χ4v) is 4.75. The number of amides is 4. The molecule has 0 aliphatic carbocycles. The predicted octanol–water partition coefficient (Wildman–Crippen LogP) is 1.01. The molecule has 34 heavy (non-hydrogen) atoms. The Morgan fingerprint density at radius 2 is 1.79 bits per heavy atom.